The minimum atomic E-state index is -0.595. The van der Waals surface area contributed by atoms with E-state index in [0.717, 1.165) is 5.69 Å². The summed E-state index contributed by atoms with van der Waals surface area (Å²) in [6.07, 6.45) is 2.98. The summed E-state index contributed by atoms with van der Waals surface area (Å²) in [6, 6.07) is 11.0. The average Bonchev–Trinajstić information content (AvgIpc) is 3.16. The van der Waals surface area contributed by atoms with Gasteiger partial charge in [-0.2, -0.15) is 5.10 Å². The highest BCUT2D eigenvalue weighted by Gasteiger charge is 2.18. The van der Waals surface area contributed by atoms with Crippen LogP contribution in [0.15, 0.2) is 55.1 Å². The number of rotatable bonds is 5. The number of carbonyl (C=O) groups excluding carboxylic acids is 1. The van der Waals surface area contributed by atoms with E-state index in [4.69, 9.17) is 4.74 Å². The molecule has 0 radical (unpaired) electrons. The lowest BCUT2D eigenvalue weighted by molar-refractivity contribution is -0.385. The second-order valence-corrected chi connectivity index (χ2v) is 4.98. The van der Waals surface area contributed by atoms with Gasteiger partial charge in [-0.05, 0) is 36.4 Å². The summed E-state index contributed by atoms with van der Waals surface area (Å²) in [6.45, 7) is 0. The smallest absolute Gasteiger partial charge is 0.311 e. The molecule has 0 bridgehead atoms. The zero-order chi connectivity index (χ0) is 17.8. The summed E-state index contributed by atoms with van der Waals surface area (Å²) in [7, 11) is 1.33. The molecule has 0 spiro atoms. The minimum absolute atomic E-state index is 0.0961. The van der Waals surface area contributed by atoms with Gasteiger partial charge in [0.1, 0.15) is 12.7 Å². The van der Waals surface area contributed by atoms with Crippen molar-refractivity contribution in [2.75, 3.05) is 12.4 Å². The van der Waals surface area contributed by atoms with E-state index in [1.807, 2.05) is 0 Å². The quantitative estimate of drug-likeness (QED) is 0.564. The zero-order valence-corrected chi connectivity index (χ0v) is 13.1. The number of nitrogens with zero attached hydrogens (tertiary/aromatic N) is 4. The van der Waals surface area contributed by atoms with Gasteiger partial charge in [0, 0.05) is 17.3 Å². The number of amides is 1. The van der Waals surface area contributed by atoms with Gasteiger partial charge >= 0.3 is 5.69 Å². The summed E-state index contributed by atoms with van der Waals surface area (Å²) in [5.74, 6) is -0.363. The normalized spacial score (nSPS) is 10.3. The summed E-state index contributed by atoms with van der Waals surface area (Å²) in [4.78, 5) is 26.6. The van der Waals surface area contributed by atoms with Crippen LogP contribution < -0.4 is 10.1 Å². The van der Waals surface area contributed by atoms with E-state index in [1.54, 1.807) is 35.3 Å². The number of methoxy groups -OCH3 is 1. The Balaban J connectivity index is 1.78. The van der Waals surface area contributed by atoms with Crippen LogP contribution in [0.1, 0.15) is 10.4 Å². The summed E-state index contributed by atoms with van der Waals surface area (Å²) < 4.78 is 6.50. The van der Waals surface area contributed by atoms with Gasteiger partial charge in [-0.1, -0.05) is 0 Å². The van der Waals surface area contributed by atoms with Crippen molar-refractivity contribution >= 4 is 17.3 Å². The second-order valence-electron chi connectivity index (χ2n) is 4.98. The number of nitro benzene ring substituents is 1. The van der Waals surface area contributed by atoms with Gasteiger partial charge in [-0.25, -0.2) is 9.67 Å². The highest BCUT2D eigenvalue weighted by atomic mass is 16.6. The largest absolute Gasteiger partial charge is 0.490 e. The Bertz CT molecular complexity index is 907. The van der Waals surface area contributed by atoms with Gasteiger partial charge in [0.25, 0.3) is 5.91 Å². The number of hydrogen-bond donors (Lipinski definition) is 1. The van der Waals surface area contributed by atoms with E-state index < -0.39 is 10.8 Å². The number of anilines is 1. The first-order valence-corrected chi connectivity index (χ1v) is 7.17. The first-order valence-electron chi connectivity index (χ1n) is 7.17. The molecule has 3 rings (SSSR count). The van der Waals surface area contributed by atoms with Gasteiger partial charge < -0.3 is 10.1 Å². The molecule has 1 heterocycles. The number of nitro groups is 1. The van der Waals surface area contributed by atoms with Crippen molar-refractivity contribution < 1.29 is 14.5 Å². The summed E-state index contributed by atoms with van der Waals surface area (Å²) >= 11 is 0. The molecular formula is C16H13N5O4. The number of carbonyl (C=O) groups is 1. The zero-order valence-electron chi connectivity index (χ0n) is 13.1. The topological polar surface area (TPSA) is 112 Å². The van der Waals surface area contributed by atoms with E-state index in [2.05, 4.69) is 15.4 Å². The third-order valence-corrected chi connectivity index (χ3v) is 3.45. The maximum absolute atomic E-state index is 12.3. The van der Waals surface area contributed by atoms with Gasteiger partial charge in [0.2, 0.25) is 0 Å². The first-order chi connectivity index (χ1) is 12.1. The molecule has 0 unspecified atom stereocenters. The standard InChI is InChI=1S/C16H13N5O4/c1-25-15-7-2-11(8-14(15)21(23)24)16(22)19-12-3-5-13(6-4-12)20-10-17-9-18-20/h2-10H,1H3,(H,19,22). The highest BCUT2D eigenvalue weighted by molar-refractivity contribution is 6.04. The predicted molar refractivity (Wildman–Crippen MR) is 89.0 cm³/mol. The maximum atomic E-state index is 12.3. The van der Waals surface area contributed by atoms with Gasteiger partial charge in [-0.3, -0.25) is 14.9 Å². The second kappa shape index (κ2) is 6.79. The molecule has 9 heteroatoms. The third-order valence-electron chi connectivity index (χ3n) is 3.45. The van der Waals surface area contributed by atoms with Crippen LogP contribution in [-0.2, 0) is 0 Å². The Kier molecular flexibility index (Phi) is 4.38. The van der Waals surface area contributed by atoms with Crippen molar-refractivity contribution in [2.45, 2.75) is 0 Å². The Hall–Kier alpha value is -3.75. The van der Waals surface area contributed by atoms with E-state index in [9.17, 15) is 14.9 Å². The van der Waals surface area contributed by atoms with Crippen LogP contribution in [0, 0.1) is 10.1 Å². The number of nitrogens with one attached hydrogen (secondary N) is 1. The Morgan fingerprint density at radius 1 is 1.24 bits per heavy atom. The molecule has 0 atom stereocenters. The fourth-order valence-corrected chi connectivity index (χ4v) is 2.22. The summed E-state index contributed by atoms with van der Waals surface area (Å²) in [5.41, 5.74) is 1.23. The van der Waals surface area contributed by atoms with Crippen molar-refractivity contribution in [1.82, 2.24) is 14.8 Å². The first kappa shape index (κ1) is 16.1. The Labute approximate surface area is 142 Å². The molecular weight excluding hydrogens is 326 g/mol. The lowest BCUT2D eigenvalue weighted by Crippen LogP contribution is -2.12. The molecule has 25 heavy (non-hydrogen) atoms. The number of hydrogen-bond acceptors (Lipinski definition) is 6. The third kappa shape index (κ3) is 3.44. The highest BCUT2D eigenvalue weighted by Crippen LogP contribution is 2.27. The fraction of sp³-hybridized carbons (Fsp3) is 0.0625. The van der Waals surface area contributed by atoms with Crippen LogP contribution in [0.5, 0.6) is 5.75 Å². The SMILES string of the molecule is COc1ccc(C(=O)Nc2ccc(-n3cncn3)cc2)cc1[N+](=O)[O-]. The summed E-state index contributed by atoms with van der Waals surface area (Å²) in [5, 5.41) is 17.7. The minimum Gasteiger partial charge on any atom is -0.490 e. The van der Waals surface area contributed by atoms with E-state index >= 15 is 0 Å². The van der Waals surface area contributed by atoms with Crippen molar-refractivity contribution in [3.63, 3.8) is 0 Å². The van der Waals surface area contributed by atoms with Crippen LogP contribution in [-0.4, -0.2) is 32.7 Å². The van der Waals surface area contributed by atoms with Crippen LogP contribution in [0.3, 0.4) is 0 Å². The molecule has 3 aromatic rings. The molecule has 9 nitrogen and oxygen atoms in total. The van der Waals surface area contributed by atoms with Crippen molar-refractivity contribution in [2.24, 2.45) is 0 Å². The molecule has 0 aliphatic carbocycles. The molecule has 2 aromatic carbocycles. The molecule has 0 aliphatic heterocycles. The molecule has 1 N–H and O–H groups in total. The monoisotopic (exact) mass is 339 g/mol. The number of aromatic nitrogens is 3. The molecule has 0 aliphatic rings. The maximum Gasteiger partial charge on any atom is 0.311 e. The van der Waals surface area contributed by atoms with Crippen LogP contribution >= 0.6 is 0 Å². The van der Waals surface area contributed by atoms with E-state index in [-0.39, 0.29) is 17.0 Å². The number of ether oxygens (including phenoxy) is 1. The van der Waals surface area contributed by atoms with Crippen molar-refractivity contribution in [3.8, 4) is 11.4 Å². The van der Waals surface area contributed by atoms with Crippen LogP contribution in [0.4, 0.5) is 11.4 Å². The van der Waals surface area contributed by atoms with Crippen LogP contribution in [0.25, 0.3) is 5.69 Å². The van der Waals surface area contributed by atoms with Gasteiger partial charge in [0.15, 0.2) is 5.75 Å². The Morgan fingerprint density at radius 3 is 2.60 bits per heavy atom. The molecule has 0 saturated heterocycles. The molecule has 1 amide bonds. The van der Waals surface area contributed by atoms with Crippen molar-refractivity contribution in [1.29, 1.82) is 0 Å². The number of benzene rings is 2. The van der Waals surface area contributed by atoms with E-state index in [0.29, 0.717) is 5.69 Å². The Morgan fingerprint density at radius 2 is 2.00 bits per heavy atom. The molecule has 1 aromatic heterocycles. The lowest BCUT2D eigenvalue weighted by Gasteiger charge is -2.08. The van der Waals surface area contributed by atoms with E-state index in [1.165, 1.54) is 31.6 Å². The van der Waals surface area contributed by atoms with Gasteiger partial charge in [0.05, 0.1) is 17.7 Å². The molecule has 0 fully saturated rings. The lowest BCUT2D eigenvalue weighted by atomic mass is 10.1. The molecule has 0 saturated carbocycles. The van der Waals surface area contributed by atoms with Gasteiger partial charge in [-0.15, -0.1) is 0 Å². The predicted octanol–water partition coefficient (Wildman–Crippen LogP) is 2.44. The fourth-order valence-electron chi connectivity index (χ4n) is 2.22. The molecule has 126 valence electrons. The van der Waals surface area contributed by atoms with Crippen molar-refractivity contribution in [3.05, 3.63) is 70.8 Å². The van der Waals surface area contributed by atoms with Crippen LogP contribution in [0.2, 0.25) is 0 Å². The average molecular weight is 339 g/mol.